The van der Waals surface area contributed by atoms with E-state index in [9.17, 15) is 4.79 Å². The molecule has 0 bridgehead atoms. The van der Waals surface area contributed by atoms with Crippen molar-refractivity contribution in [2.24, 2.45) is 4.99 Å². The Kier molecular flexibility index (Phi) is 4.31. The summed E-state index contributed by atoms with van der Waals surface area (Å²) in [5.41, 5.74) is -0.366. The van der Waals surface area contributed by atoms with Crippen LogP contribution in [0.25, 0.3) is 0 Å². The van der Waals surface area contributed by atoms with Gasteiger partial charge in [0.2, 0.25) is 0 Å². The van der Waals surface area contributed by atoms with E-state index in [0.717, 1.165) is 19.5 Å². The fourth-order valence-corrected chi connectivity index (χ4v) is 2.72. The molecule has 2 aliphatic heterocycles. The number of aliphatic hydroxyl groups is 1. The predicted octanol–water partition coefficient (Wildman–Crippen LogP) is 0.669. The van der Waals surface area contributed by atoms with Crippen LogP contribution in [0.3, 0.4) is 0 Å². The molecule has 7 heteroatoms. The maximum absolute atomic E-state index is 12.0. The standard InChI is InChI=1S/C14H20N4O3/c19-9-11-3-4-13(21-11)18-8-5-12(16-14(18)20)15-10-17-6-1-2-7-17/h5,8,10-11,13,19H,1-4,6-7,9H2. The first-order valence-electron chi connectivity index (χ1n) is 7.40. The average Bonchev–Trinajstić information content (AvgIpc) is 3.16. The number of aromatic nitrogens is 2. The van der Waals surface area contributed by atoms with E-state index in [1.165, 1.54) is 17.4 Å². The zero-order valence-electron chi connectivity index (χ0n) is 11.9. The van der Waals surface area contributed by atoms with Gasteiger partial charge in [0.05, 0.1) is 19.0 Å². The molecule has 114 valence electrons. The predicted molar refractivity (Wildman–Crippen MR) is 77.7 cm³/mol. The lowest BCUT2D eigenvalue weighted by Crippen LogP contribution is -2.27. The van der Waals surface area contributed by atoms with Gasteiger partial charge in [-0.05, 0) is 31.7 Å². The van der Waals surface area contributed by atoms with Crippen molar-refractivity contribution in [3.8, 4) is 0 Å². The summed E-state index contributed by atoms with van der Waals surface area (Å²) < 4.78 is 7.05. The zero-order valence-corrected chi connectivity index (χ0v) is 11.9. The number of ether oxygens (including phenoxy) is 1. The van der Waals surface area contributed by atoms with Crippen LogP contribution >= 0.6 is 0 Å². The van der Waals surface area contributed by atoms with Gasteiger partial charge in [0.15, 0.2) is 5.82 Å². The maximum Gasteiger partial charge on any atom is 0.351 e. The number of nitrogens with zero attached hydrogens (tertiary/aromatic N) is 4. The van der Waals surface area contributed by atoms with Crippen LogP contribution in [0.5, 0.6) is 0 Å². The largest absolute Gasteiger partial charge is 0.394 e. The van der Waals surface area contributed by atoms with E-state index in [1.807, 2.05) is 0 Å². The van der Waals surface area contributed by atoms with Gasteiger partial charge in [-0.2, -0.15) is 4.98 Å². The molecule has 7 nitrogen and oxygen atoms in total. The van der Waals surface area contributed by atoms with Crippen LogP contribution in [0.15, 0.2) is 22.1 Å². The molecule has 0 aliphatic carbocycles. The van der Waals surface area contributed by atoms with Crippen molar-refractivity contribution in [3.63, 3.8) is 0 Å². The van der Waals surface area contributed by atoms with Crippen LogP contribution in [-0.2, 0) is 4.74 Å². The summed E-state index contributed by atoms with van der Waals surface area (Å²) in [6.45, 7) is 2.01. The van der Waals surface area contributed by atoms with Crippen molar-refractivity contribution in [1.29, 1.82) is 0 Å². The summed E-state index contributed by atoms with van der Waals surface area (Å²) in [6, 6.07) is 1.71. The molecule has 2 unspecified atom stereocenters. The van der Waals surface area contributed by atoms with Gasteiger partial charge in [-0.1, -0.05) is 0 Å². The van der Waals surface area contributed by atoms with E-state index < -0.39 is 0 Å². The number of hydrogen-bond acceptors (Lipinski definition) is 5. The second kappa shape index (κ2) is 6.36. The van der Waals surface area contributed by atoms with Gasteiger partial charge in [0, 0.05) is 19.3 Å². The van der Waals surface area contributed by atoms with E-state index in [0.29, 0.717) is 12.2 Å². The lowest BCUT2D eigenvalue weighted by atomic mass is 10.2. The molecule has 0 aromatic carbocycles. The van der Waals surface area contributed by atoms with Crippen LogP contribution in [-0.4, -0.2) is 51.7 Å². The second-order valence-electron chi connectivity index (χ2n) is 5.44. The average molecular weight is 292 g/mol. The zero-order chi connectivity index (χ0) is 14.7. The minimum Gasteiger partial charge on any atom is -0.394 e. The van der Waals surface area contributed by atoms with Gasteiger partial charge in [0.1, 0.15) is 6.23 Å². The Balaban J connectivity index is 1.69. The van der Waals surface area contributed by atoms with E-state index in [1.54, 1.807) is 18.6 Å². The monoisotopic (exact) mass is 292 g/mol. The topological polar surface area (TPSA) is 80.0 Å². The SMILES string of the molecule is O=c1nc(N=CN2CCCC2)ccn1C1CCC(CO)O1. The molecular formula is C14H20N4O3. The van der Waals surface area contributed by atoms with Gasteiger partial charge < -0.3 is 14.7 Å². The number of aliphatic hydroxyl groups excluding tert-OH is 1. The van der Waals surface area contributed by atoms with E-state index in [2.05, 4.69) is 14.9 Å². The molecule has 1 aromatic heterocycles. The van der Waals surface area contributed by atoms with E-state index in [4.69, 9.17) is 9.84 Å². The van der Waals surface area contributed by atoms with E-state index >= 15 is 0 Å². The molecule has 1 aromatic rings. The lowest BCUT2D eigenvalue weighted by molar-refractivity contribution is -0.0245. The first-order chi connectivity index (χ1) is 10.3. The Hall–Kier alpha value is -1.73. The Morgan fingerprint density at radius 1 is 1.43 bits per heavy atom. The molecule has 21 heavy (non-hydrogen) atoms. The third-order valence-electron chi connectivity index (χ3n) is 3.91. The molecule has 2 atom stereocenters. The molecule has 0 spiro atoms. The highest BCUT2D eigenvalue weighted by molar-refractivity contribution is 5.59. The fourth-order valence-electron chi connectivity index (χ4n) is 2.72. The summed E-state index contributed by atoms with van der Waals surface area (Å²) in [5, 5.41) is 9.07. The van der Waals surface area contributed by atoms with Crippen molar-refractivity contribution in [1.82, 2.24) is 14.5 Å². The number of likely N-dealkylation sites (tertiary alicyclic amines) is 1. The Bertz CT molecular complexity index is 566. The molecule has 0 radical (unpaired) electrons. The third-order valence-corrected chi connectivity index (χ3v) is 3.91. The molecule has 2 saturated heterocycles. The first kappa shape index (κ1) is 14.2. The summed E-state index contributed by atoms with van der Waals surface area (Å²) >= 11 is 0. The highest BCUT2D eigenvalue weighted by Gasteiger charge is 2.26. The maximum atomic E-state index is 12.0. The van der Waals surface area contributed by atoms with Gasteiger partial charge in [0.25, 0.3) is 0 Å². The van der Waals surface area contributed by atoms with Crippen molar-refractivity contribution >= 4 is 12.2 Å². The number of rotatable bonds is 4. The van der Waals surface area contributed by atoms with Gasteiger partial charge >= 0.3 is 5.69 Å². The summed E-state index contributed by atoms with van der Waals surface area (Å²) in [4.78, 5) is 22.4. The van der Waals surface area contributed by atoms with Crippen molar-refractivity contribution in [2.45, 2.75) is 38.0 Å². The van der Waals surface area contributed by atoms with Crippen molar-refractivity contribution in [3.05, 3.63) is 22.7 Å². The van der Waals surface area contributed by atoms with Gasteiger partial charge in [-0.15, -0.1) is 0 Å². The third kappa shape index (κ3) is 3.30. The minimum absolute atomic E-state index is 0.0170. The van der Waals surface area contributed by atoms with Crippen molar-refractivity contribution < 1.29 is 9.84 Å². The fraction of sp³-hybridized carbons (Fsp3) is 0.643. The molecule has 0 amide bonds. The molecule has 0 saturated carbocycles. The Labute approximate surface area is 122 Å². The van der Waals surface area contributed by atoms with Gasteiger partial charge in [-0.25, -0.2) is 9.79 Å². The van der Waals surface area contributed by atoms with Crippen LogP contribution in [0, 0.1) is 0 Å². The lowest BCUT2D eigenvalue weighted by Gasteiger charge is -2.14. The van der Waals surface area contributed by atoms with Crippen LogP contribution in [0.1, 0.15) is 31.9 Å². The minimum atomic E-state index is -0.366. The molecule has 3 heterocycles. The van der Waals surface area contributed by atoms with Gasteiger partial charge in [-0.3, -0.25) is 4.57 Å². The van der Waals surface area contributed by atoms with Crippen LogP contribution in [0.2, 0.25) is 0 Å². The highest BCUT2D eigenvalue weighted by Crippen LogP contribution is 2.26. The summed E-state index contributed by atoms with van der Waals surface area (Å²) in [5.74, 6) is 0.417. The van der Waals surface area contributed by atoms with Crippen LogP contribution in [0.4, 0.5) is 5.82 Å². The van der Waals surface area contributed by atoms with E-state index in [-0.39, 0.29) is 24.6 Å². The Morgan fingerprint density at radius 2 is 2.24 bits per heavy atom. The summed E-state index contributed by atoms with van der Waals surface area (Å²) in [7, 11) is 0. The molecule has 3 rings (SSSR count). The Morgan fingerprint density at radius 3 is 2.90 bits per heavy atom. The first-order valence-corrected chi connectivity index (χ1v) is 7.40. The number of aliphatic imine (C=N–C) groups is 1. The quantitative estimate of drug-likeness (QED) is 0.651. The van der Waals surface area contributed by atoms with Crippen LogP contribution < -0.4 is 5.69 Å². The molecule has 2 fully saturated rings. The van der Waals surface area contributed by atoms with Crippen molar-refractivity contribution in [2.75, 3.05) is 19.7 Å². The molecule has 2 aliphatic rings. The number of hydrogen-bond donors (Lipinski definition) is 1. The molecular weight excluding hydrogens is 272 g/mol. The molecule has 1 N–H and O–H groups in total. The summed E-state index contributed by atoms with van der Waals surface area (Å²) in [6.07, 6.45) is 6.74. The normalized spacial score (nSPS) is 26.0. The highest BCUT2D eigenvalue weighted by atomic mass is 16.5. The smallest absolute Gasteiger partial charge is 0.351 e. The second-order valence-corrected chi connectivity index (χ2v) is 5.44.